The molecule has 0 saturated carbocycles. The number of carbonyl (C=O) groups excluding carboxylic acids is 2. The van der Waals surface area contributed by atoms with Crippen molar-refractivity contribution in [3.8, 4) is 0 Å². The average molecular weight is 544 g/mol. The lowest BCUT2D eigenvalue weighted by molar-refractivity contribution is -0.153. The molecule has 10 nitrogen and oxygen atoms in total. The molecule has 4 rings (SSSR count). The van der Waals surface area contributed by atoms with Crippen LogP contribution in [0.3, 0.4) is 0 Å². The van der Waals surface area contributed by atoms with Gasteiger partial charge in [0.15, 0.2) is 0 Å². The molecule has 3 unspecified atom stereocenters. The third-order valence-electron chi connectivity index (χ3n) is 7.77. The number of carboxylic acids is 1. The maximum absolute atomic E-state index is 14.1. The number of aliphatic hydroxyl groups excluding tert-OH is 1. The number of carboxylic acid groups (broad SMARTS) is 1. The molecule has 2 N–H and O–H groups in total. The number of carbonyl (C=O) groups is 3. The van der Waals surface area contributed by atoms with E-state index < -0.39 is 47.5 Å². The van der Waals surface area contributed by atoms with Crippen LogP contribution in [-0.4, -0.2) is 124 Å². The summed E-state index contributed by atoms with van der Waals surface area (Å²) in [6.07, 6.45) is 1.76. The lowest BCUT2D eigenvalue weighted by Gasteiger charge is -2.39. The van der Waals surface area contributed by atoms with Gasteiger partial charge in [-0.1, -0.05) is 28.9 Å². The number of amides is 2. The van der Waals surface area contributed by atoms with Crippen LogP contribution in [0, 0.1) is 11.8 Å². The molecule has 2 bridgehead atoms. The van der Waals surface area contributed by atoms with Gasteiger partial charge in [0, 0.05) is 37.6 Å². The van der Waals surface area contributed by atoms with E-state index in [1.807, 2.05) is 6.92 Å². The lowest BCUT2D eigenvalue weighted by Crippen LogP contribution is -2.59. The summed E-state index contributed by atoms with van der Waals surface area (Å²) in [7, 11) is 0. The van der Waals surface area contributed by atoms with E-state index in [1.165, 1.54) is 4.90 Å². The minimum Gasteiger partial charge on any atom is -0.481 e. The minimum absolute atomic E-state index is 0.275. The molecular formula is C23H34BrN3O7. The first-order chi connectivity index (χ1) is 16.3. The zero-order chi connectivity index (χ0) is 24.6. The van der Waals surface area contributed by atoms with Gasteiger partial charge >= 0.3 is 5.97 Å². The number of hydrogen-bond donors (Lipinski definition) is 2. The molecule has 0 aliphatic carbocycles. The van der Waals surface area contributed by atoms with E-state index in [-0.39, 0.29) is 17.3 Å². The van der Waals surface area contributed by atoms with Crippen molar-refractivity contribution in [1.82, 2.24) is 14.7 Å². The molecule has 190 valence electrons. The molecule has 1 spiro atoms. The lowest BCUT2D eigenvalue weighted by atomic mass is 9.70. The van der Waals surface area contributed by atoms with Crippen molar-refractivity contribution in [3.05, 3.63) is 12.7 Å². The van der Waals surface area contributed by atoms with Crippen LogP contribution in [0.15, 0.2) is 12.7 Å². The summed E-state index contributed by atoms with van der Waals surface area (Å²) in [4.78, 5) is 45.0. The highest BCUT2D eigenvalue weighted by atomic mass is 79.9. The Morgan fingerprint density at radius 1 is 1.38 bits per heavy atom. The third-order valence-corrected chi connectivity index (χ3v) is 8.62. The monoisotopic (exact) mass is 543 g/mol. The Hall–Kier alpha value is -1.53. The van der Waals surface area contributed by atoms with Gasteiger partial charge in [0.25, 0.3) is 0 Å². The predicted octanol–water partition coefficient (Wildman–Crippen LogP) is -0.0633. The molecule has 4 aliphatic rings. The highest BCUT2D eigenvalue weighted by molar-refractivity contribution is 9.09. The van der Waals surface area contributed by atoms with Gasteiger partial charge in [0.2, 0.25) is 11.8 Å². The Morgan fingerprint density at radius 2 is 2.09 bits per heavy atom. The predicted molar refractivity (Wildman–Crippen MR) is 125 cm³/mol. The fraction of sp³-hybridized carbons (Fsp3) is 0.783. The van der Waals surface area contributed by atoms with Crippen molar-refractivity contribution in [2.75, 3.05) is 52.5 Å². The molecule has 34 heavy (non-hydrogen) atoms. The smallest absolute Gasteiger partial charge is 0.310 e. The topological polar surface area (TPSA) is 120 Å². The van der Waals surface area contributed by atoms with Crippen LogP contribution in [0.1, 0.15) is 19.8 Å². The molecule has 11 heteroatoms. The van der Waals surface area contributed by atoms with Gasteiger partial charge < -0.3 is 29.5 Å². The molecule has 4 heterocycles. The number of aliphatic carboxylic acids is 1. The summed E-state index contributed by atoms with van der Waals surface area (Å²) in [6.45, 7) is 9.57. The van der Waals surface area contributed by atoms with Gasteiger partial charge in [-0.05, 0) is 12.8 Å². The summed E-state index contributed by atoms with van der Waals surface area (Å²) in [5.41, 5.74) is -1.24. The maximum Gasteiger partial charge on any atom is 0.310 e. The second-order valence-electron chi connectivity index (χ2n) is 9.52. The van der Waals surface area contributed by atoms with Crippen LogP contribution >= 0.6 is 15.9 Å². The van der Waals surface area contributed by atoms with Crippen molar-refractivity contribution < 1.29 is 34.1 Å². The second kappa shape index (κ2) is 10.2. The van der Waals surface area contributed by atoms with Crippen LogP contribution in [0.25, 0.3) is 0 Å². The number of likely N-dealkylation sites (tertiary alicyclic amines) is 1. The van der Waals surface area contributed by atoms with Gasteiger partial charge in [0.1, 0.15) is 11.6 Å². The fourth-order valence-corrected chi connectivity index (χ4v) is 7.09. The Balaban J connectivity index is 1.68. The van der Waals surface area contributed by atoms with Crippen LogP contribution < -0.4 is 0 Å². The third kappa shape index (κ3) is 4.09. The fourth-order valence-electron chi connectivity index (χ4n) is 6.14. The Labute approximate surface area is 208 Å². The van der Waals surface area contributed by atoms with E-state index in [4.69, 9.17) is 9.47 Å². The van der Waals surface area contributed by atoms with E-state index in [9.17, 15) is 24.6 Å². The van der Waals surface area contributed by atoms with Crippen molar-refractivity contribution in [1.29, 1.82) is 0 Å². The molecule has 0 radical (unpaired) electrons. The maximum atomic E-state index is 14.1. The van der Waals surface area contributed by atoms with Crippen molar-refractivity contribution in [2.45, 2.75) is 48.4 Å². The average Bonchev–Trinajstić information content (AvgIpc) is 3.42. The van der Waals surface area contributed by atoms with Crippen LogP contribution in [0.2, 0.25) is 0 Å². The number of morpholine rings is 1. The van der Waals surface area contributed by atoms with E-state index in [1.54, 1.807) is 11.0 Å². The molecule has 4 saturated heterocycles. The number of nitrogens with zero attached hydrogens (tertiary/aromatic N) is 3. The molecule has 7 atom stereocenters. The first kappa shape index (κ1) is 25.6. The Morgan fingerprint density at radius 3 is 2.68 bits per heavy atom. The van der Waals surface area contributed by atoms with E-state index >= 15 is 0 Å². The summed E-state index contributed by atoms with van der Waals surface area (Å²) >= 11 is 3.55. The number of alkyl halides is 1. The van der Waals surface area contributed by atoms with Gasteiger partial charge in [-0.15, -0.1) is 6.58 Å². The second-order valence-corrected chi connectivity index (χ2v) is 10.7. The number of aliphatic hydroxyl groups is 1. The molecule has 0 aromatic rings. The number of ether oxygens (including phenoxy) is 2. The standard InChI is InChI=1S/C23H34BrN3O7/c1-3-5-26(7-6-25-8-10-33-11-9-25)21(30)19-23-12-15(24)18(34-23)16(22(31)32)17(23)20(29)27(19)14(4-2)13-28/h3,14-19,28H,1,4-13H2,2H3,(H,31,32)/t14-,15?,16-,17-,18-,19?,23?/m0/s1. The van der Waals surface area contributed by atoms with Crippen molar-refractivity contribution in [3.63, 3.8) is 0 Å². The Kier molecular flexibility index (Phi) is 7.68. The SMILES string of the molecule is C=CCN(CCN1CCOCC1)C(=O)C1N([C@@H](CC)CO)C(=O)[C@@H]2[C@H](C(=O)O)[C@H]3OC12CC3Br. The summed E-state index contributed by atoms with van der Waals surface area (Å²) in [5.74, 6) is -3.80. The molecule has 4 fully saturated rings. The van der Waals surface area contributed by atoms with Gasteiger partial charge in [-0.2, -0.15) is 0 Å². The normalized spacial score (nSPS) is 35.9. The number of hydrogen-bond acceptors (Lipinski definition) is 7. The van der Waals surface area contributed by atoms with Crippen molar-refractivity contribution >= 4 is 33.7 Å². The Bertz CT molecular complexity index is 818. The number of rotatable bonds is 10. The molecule has 0 aromatic carbocycles. The van der Waals surface area contributed by atoms with Crippen molar-refractivity contribution in [2.24, 2.45) is 11.8 Å². The molecule has 2 amide bonds. The van der Waals surface area contributed by atoms with Crippen LogP contribution in [0.4, 0.5) is 0 Å². The zero-order valence-electron chi connectivity index (χ0n) is 19.5. The first-order valence-corrected chi connectivity index (χ1v) is 12.9. The minimum atomic E-state index is -1.24. The van der Waals surface area contributed by atoms with E-state index in [0.29, 0.717) is 45.7 Å². The van der Waals surface area contributed by atoms with Gasteiger partial charge in [-0.25, -0.2) is 0 Å². The summed E-state index contributed by atoms with van der Waals surface area (Å²) in [6, 6.07) is -1.60. The largest absolute Gasteiger partial charge is 0.481 e. The molecular weight excluding hydrogens is 510 g/mol. The van der Waals surface area contributed by atoms with Gasteiger partial charge in [0.05, 0.1) is 43.8 Å². The molecule has 0 aromatic heterocycles. The zero-order valence-corrected chi connectivity index (χ0v) is 21.1. The van der Waals surface area contributed by atoms with Crippen LogP contribution in [0.5, 0.6) is 0 Å². The van der Waals surface area contributed by atoms with Gasteiger partial charge in [-0.3, -0.25) is 19.3 Å². The first-order valence-electron chi connectivity index (χ1n) is 12.0. The van der Waals surface area contributed by atoms with Crippen LogP contribution in [-0.2, 0) is 23.9 Å². The summed E-state index contributed by atoms with van der Waals surface area (Å²) in [5, 5.41) is 20.0. The summed E-state index contributed by atoms with van der Waals surface area (Å²) < 4.78 is 11.7. The highest BCUT2D eigenvalue weighted by Crippen LogP contribution is 2.60. The quantitative estimate of drug-likeness (QED) is 0.290. The van der Waals surface area contributed by atoms with E-state index in [0.717, 1.165) is 13.1 Å². The van der Waals surface area contributed by atoms with E-state index in [2.05, 4.69) is 27.4 Å². The molecule has 4 aliphatic heterocycles. The number of halogens is 1. The number of fused-ring (bicyclic) bond motifs is 1. The highest BCUT2D eigenvalue weighted by Gasteiger charge is 2.77.